The van der Waals surface area contributed by atoms with Gasteiger partial charge in [0.1, 0.15) is 16.5 Å². The summed E-state index contributed by atoms with van der Waals surface area (Å²) in [6.45, 7) is 0. The second kappa shape index (κ2) is 5.17. The zero-order valence-electron chi connectivity index (χ0n) is 10.2. The van der Waals surface area contributed by atoms with E-state index in [4.69, 9.17) is 4.55 Å². The van der Waals surface area contributed by atoms with Gasteiger partial charge in [0.05, 0.1) is 9.79 Å². The molecule has 0 radical (unpaired) electrons. The Labute approximate surface area is 119 Å². The number of hydrogen-bond acceptors (Lipinski definition) is 4. The molecule has 0 aliphatic carbocycles. The summed E-state index contributed by atoms with van der Waals surface area (Å²) in [5.41, 5.74) is 0. The lowest BCUT2D eigenvalue weighted by Gasteiger charge is -2.06. The second-order valence-electron chi connectivity index (χ2n) is 4.02. The molecular weight excluding hydrogens is 326 g/mol. The van der Waals surface area contributed by atoms with Crippen LogP contribution in [-0.2, 0) is 20.0 Å². The van der Waals surface area contributed by atoms with Crippen molar-refractivity contribution in [2.24, 2.45) is 0 Å². The number of hydrogen-bond donors (Lipinski definition) is 1. The van der Waals surface area contributed by atoms with Crippen LogP contribution in [0.1, 0.15) is 0 Å². The smallest absolute Gasteiger partial charge is 0.282 e. The molecule has 0 atom stereocenters. The van der Waals surface area contributed by atoms with Crippen LogP contribution in [0.5, 0.6) is 0 Å². The Morgan fingerprint density at radius 3 is 1.81 bits per heavy atom. The van der Waals surface area contributed by atoms with Crippen LogP contribution in [0.2, 0.25) is 0 Å². The SMILES string of the molecule is O=S(=O)(O)c1ccc(S(=O)(=O)c2ccc(F)cc2F)cc1. The van der Waals surface area contributed by atoms with E-state index < -0.39 is 41.4 Å². The van der Waals surface area contributed by atoms with Crippen LogP contribution in [0.4, 0.5) is 8.78 Å². The fourth-order valence-electron chi connectivity index (χ4n) is 1.61. The van der Waals surface area contributed by atoms with Crippen LogP contribution < -0.4 is 0 Å². The molecule has 0 saturated carbocycles. The second-order valence-corrected chi connectivity index (χ2v) is 7.36. The van der Waals surface area contributed by atoms with Crippen LogP contribution >= 0.6 is 0 Å². The summed E-state index contributed by atoms with van der Waals surface area (Å²) >= 11 is 0. The maximum atomic E-state index is 13.5. The van der Waals surface area contributed by atoms with Gasteiger partial charge in [-0.25, -0.2) is 17.2 Å². The van der Waals surface area contributed by atoms with Gasteiger partial charge in [-0.3, -0.25) is 4.55 Å². The lowest BCUT2D eigenvalue weighted by molar-refractivity contribution is 0.483. The van der Waals surface area contributed by atoms with Gasteiger partial charge >= 0.3 is 0 Å². The first-order chi connectivity index (χ1) is 9.62. The monoisotopic (exact) mass is 334 g/mol. The van der Waals surface area contributed by atoms with Crippen molar-refractivity contribution in [3.05, 3.63) is 54.1 Å². The molecule has 2 aromatic carbocycles. The van der Waals surface area contributed by atoms with E-state index in [-0.39, 0.29) is 4.90 Å². The van der Waals surface area contributed by atoms with Crippen molar-refractivity contribution in [1.82, 2.24) is 0 Å². The first kappa shape index (κ1) is 15.5. The first-order valence-electron chi connectivity index (χ1n) is 5.40. The van der Waals surface area contributed by atoms with Crippen molar-refractivity contribution in [1.29, 1.82) is 0 Å². The molecule has 0 aliphatic heterocycles. The van der Waals surface area contributed by atoms with E-state index in [0.717, 1.165) is 36.4 Å². The number of rotatable bonds is 3. The summed E-state index contributed by atoms with van der Waals surface area (Å²) in [4.78, 5) is -1.62. The topological polar surface area (TPSA) is 88.5 Å². The fourth-order valence-corrected chi connectivity index (χ4v) is 3.40. The zero-order chi connectivity index (χ0) is 15.8. The lowest BCUT2D eigenvalue weighted by Crippen LogP contribution is -2.06. The Bertz CT molecular complexity index is 888. The summed E-state index contributed by atoms with van der Waals surface area (Å²) in [7, 11) is -8.73. The van der Waals surface area contributed by atoms with E-state index in [9.17, 15) is 25.6 Å². The molecule has 2 rings (SSSR count). The van der Waals surface area contributed by atoms with Gasteiger partial charge in [-0.15, -0.1) is 0 Å². The van der Waals surface area contributed by atoms with Gasteiger partial charge in [-0.1, -0.05) is 0 Å². The summed E-state index contributed by atoms with van der Waals surface area (Å²) < 4.78 is 81.2. The molecule has 0 unspecified atom stereocenters. The predicted molar refractivity (Wildman–Crippen MR) is 68.1 cm³/mol. The third-order valence-corrected chi connectivity index (χ3v) is 5.29. The molecule has 0 amide bonds. The highest BCUT2D eigenvalue weighted by atomic mass is 32.2. The highest BCUT2D eigenvalue weighted by molar-refractivity contribution is 7.91. The third kappa shape index (κ3) is 3.09. The highest BCUT2D eigenvalue weighted by Crippen LogP contribution is 2.24. The number of benzene rings is 2. The third-order valence-electron chi connectivity index (χ3n) is 2.62. The van der Waals surface area contributed by atoms with E-state index >= 15 is 0 Å². The molecular formula is C12H8F2O5S2. The minimum Gasteiger partial charge on any atom is -0.282 e. The van der Waals surface area contributed by atoms with Gasteiger partial charge in [0.25, 0.3) is 10.1 Å². The van der Waals surface area contributed by atoms with E-state index in [1.807, 2.05) is 0 Å². The van der Waals surface area contributed by atoms with Gasteiger partial charge < -0.3 is 0 Å². The molecule has 9 heteroatoms. The Balaban J connectivity index is 2.54. The van der Waals surface area contributed by atoms with Crippen molar-refractivity contribution in [3.63, 3.8) is 0 Å². The quantitative estimate of drug-likeness (QED) is 0.685. The largest absolute Gasteiger partial charge is 0.294 e. The van der Waals surface area contributed by atoms with Crippen LogP contribution in [0.3, 0.4) is 0 Å². The normalized spacial score (nSPS) is 12.3. The van der Waals surface area contributed by atoms with Crippen LogP contribution in [0.25, 0.3) is 0 Å². The van der Waals surface area contributed by atoms with E-state index in [2.05, 4.69) is 0 Å². The van der Waals surface area contributed by atoms with Crippen LogP contribution in [-0.4, -0.2) is 21.4 Å². The van der Waals surface area contributed by atoms with E-state index in [0.29, 0.717) is 6.07 Å². The molecule has 1 N–H and O–H groups in total. The fraction of sp³-hybridized carbons (Fsp3) is 0. The Morgan fingerprint density at radius 2 is 1.33 bits per heavy atom. The van der Waals surface area contributed by atoms with Crippen molar-refractivity contribution in [3.8, 4) is 0 Å². The molecule has 21 heavy (non-hydrogen) atoms. The predicted octanol–water partition coefficient (Wildman–Crippen LogP) is 2.04. The zero-order valence-corrected chi connectivity index (χ0v) is 11.8. The molecule has 112 valence electrons. The number of sulfone groups is 1. The average molecular weight is 334 g/mol. The summed E-state index contributed by atoms with van der Waals surface area (Å²) in [6.07, 6.45) is 0. The summed E-state index contributed by atoms with van der Waals surface area (Å²) in [6, 6.07) is 5.54. The molecule has 0 aliphatic rings. The maximum absolute atomic E-state index is 13.5. The number of halogens is 2. The van der Waals surface area contributed by atoms with Crippen LogP contribution in [0, 0.1) is 11.6 Å². The van der Waals surface area contributed by atoms with Crippen molar-refractivity contribution in [2.45, 2.75) is 14.7 Å². The Hall–Kier alpha value is -1.84. The highest BCUT2D eigenvalue weighted by Gasteiger charge is 2.23. The minimum absolute atomic E-state index is 0.389. The lowest BCUT2D eigenvalue weighted by atomic mass is 10.3. The van der Waals surface area contributed by atoms with Gasteiger partial charge in [0, 0.05) is 6.07 Å². The molecule has 0 aromatic heterocycles. The van der Waals surface area contributed by atoms with Gasteiger partial charge in [0.15, 0.2) is 0 Å². The van der Waals surface area contributed by atoms with Gasteiger partial charge in [0.2, 0.25) is 9.84 Å². The van der Waals surface area contributed by atoms with Crippen molar-refractivity contribution in [2.75, 3.05) is 0 Å². The molecule has 0 heterocycles. The molecule has 0 fully saturated rings. The first-order valence-corrected chi connectivity index (χ1v) is 8.32. The molecule has 5 nitrogen and oxygen atoms in total. The van der Waals surface area contributed by atoms with E-state index in [1.54, 1.807) is 0 Å². The summed E-state index contributed by atoms with van der Waals surface area (Å²) in [5.74, 6) is -2.18. The summed E-state index contributed by atoms with van der Waals surface area (Å²) in [5, 5.41) is 0. The van der Waals surface area contributed by atoms with Crippen molar-refractivity contribution < 1.29 is 30.2 Å². The standard InChI is InChI=1S/C12H8F2O5S2/c13-8-1-6-12(11(14)7-8)20(15,16)9-2-4-10(5-3-9)21(17,18)19/h1-7H,(H,17,18,19). The van der Waals surface area contributed by atoms with Gasteiger partial charge in [-0.2, -0.15) is 8.42 Å². The van der Waals surface area contributed by atoms with Gasteiger partial charge in [-0.05, 0) is 36.4 Å². The molecule has 2 aromatic rings. The molecule has 0 bridgehead atoms. The Morgan fingerprint density at radius 1 is 0.810 bits per heavy atom. The average Bonchev–Trinajstić information content (AvgIpc) is 2.37. The van der Waals surface area contributed by atoms with Crippen LogP contribution in [0.15, 0.2) is 57.2 Å². The van der Waals surface area contributed by atoms with E-state index in [1.165, 1.54) is 0 Å². The minimum atomic E-state index is -4.46. The Kier molecular flexibility index (Phi) is 3.83. The van der Waals surface area contributed by atoms with Crippen molar-refractivity contribution >= 4 is 20.0 Å². The maximum Gasteiger partial charge on any atom is 0.294 e. The molecule has 0 saturated heterocycles. The molecule has 0 spiro atoms.